The highest BCUT2D eigenvalue weighted by Crippen LogP contribution is 2.22. The fraction of sp³-hybridized carbons (Fsp3) is 0.615. The van der Waals surface area contributed by atoms with Crippen LogP contribution in [0.4, 0.5) is 11.5 Å². The lowest BCUT2D eigenvalue weighted by molar-refractivity contribution is -0.384. The van der Waals surface area contributed by atoms with E-state index in [0.717, 1.165) is 24.9 Å². The lowest BCUT2D eigenvalue weighted by atomic mass is 10.1. The lowest BCUT2D eigenvalue weighted by Gasteiger charge is -2.07. The summed E-state index contributed by atoms with van der Waals surface area (Å²) >= 11 is 0. The van der Waals surface area contributed by atoms with Crippen molar-refractivity contribution in [2.75, 3.05) is 11.9 Å². The molecule has 0 unspecified atom stereocenters. The normalized spacial score (nSPS) is 10.7. The first-order valence-corrected chi connectivity index (χ1v) is 6.35. The average Bonchev–Trinajstić information content (AvgIpc) is 2.29. The van der Waals surface area contributed by atoms with Gasteiger partial charge in [-0.15, -0.1) is 0 Å². The molecule has 1 aromatic rings. The maximum Gasteiger partial charge on any atom is 0.311 e. The Morgan fingerprint density at radius 3 is 2.78 bits per heavy atom. The van der Waals surface area contributed by atoms with Crippen molar-refractivity contribution in [3.8, 4) is 0 Å². The van der Waals surface area contributed by atoms with Crippen LogP contribution in [0.5, 0.6) is 0 Å². The lowest BCUT2D eigenvalue weighted by Crippen LogP contribution is -2.06. The van der Waals surface area contributed by atoms with E-state index in [1.165, 1.54) is 6.42 Å². The molecule has 100 valence electrons. The average molecular weight is 251 g/mol. The van der Waals surface area contributed by atoms with Crippen LogP contribution in [0.15, 0.2) is 12.3 Å². The number of nitrogens with zero attached hydrogens (tertiary/aromatic N) is 2. The molecule has 1 rings (SSSR count). The number of hydrogen-bond donors (Lipinski definition) is 1. The Bertz CT molecular complexity index is 405. The Morgan fingerprint density at radius 1 is 1.44 bits per heavy atom. The number of rotatable bonds is 7. The van der Waals surface area contributed by atoms with Crippen molar-refractivity contribution in [2.24, 2.45) is 5.92 Å². The molecule has 1 aromatic heterocycles. The van der Waals surface area contributed by atoms with Crippen molar-refractivity contribution in [1.82, 2.24) is 4.98 Å². The van der Waals surface area contributed by atoms with E-state index < -0.39 is 4.92 Å². The molecule has 0 aliphatic carbocycles. The van der Waals surface area contributed by atoms with Gasteiger partial charge in [0.25, 0.3) is 0 Å². The van der Waals surface area contributed by atoms with E-state index in [1.807, 2.05) is 0 Å². The minimum absolute atomic E-state index is 0.0545. The molecule has 0 aliphatic heterocycles. The number of nitrogens with one attached hydrogen (secondary N) is 1. The highest BCUT2D eigenvalue weighted by molar-refractivity contribution is 5.56. The van der Waals surface area contributed by atoms with Crippen LogP contribution < -0.4 is 5.32 Å². The summed E-state index contributed by atoms with van der Waals surface area (Å²) in [6, 6.07) is 1.55. The third kappa shape index (κ3) is 4.69. The van der Waals surface area contributed by atoms with Gasteiger partial charge in [0.15, 0.2) is 0 Å². The number of aromatic nitrogens is 1. The maximum atomic E-state index is 10.9. The van der Waals surface area contributed by atoms with Crippen LogP contribution in [0.2, 0.25) is 0 Å². The van der Waals surface area contributed by atoms with Crippen molar-refractivity contribution in [3.63, 3.8) is 0 Å². The van der Waals surface area contributed by atoms with E-state index in [2.05, 4.69) is 24.1 Å². The fourth-order valence-corrected chi connectivity index (χ4v) is 1.71. The highest BCUT2D eigenvalue weighted by Gasteiger charge is 2.14. The first-order valence-electron chi connectivity index (χ1n) is 6.35. The zero-order valence-electron chi connectivity index (χ0n) is 11.3. The SMILES string of the molecule is Cc1cnc(NCCCCC(C)C)c([N+](=O)[O-])c1. The predicted molar refractivity (Wildman–Crippen MR) is 72.8 cm³/mol. The number of unbranched alkanes of at least 4 members (excludes halogenated alkanes) is 1. The minimum atomic E-state index is -0.392. The molecule has 0 saturated heterocycles. The van der Waals surface area contributed by atoms with Crippen molar-refractivity contribution >= 4 is 11.5 Å². The summed E-state index contributed by atoms with van der Waals surface area (Å²) in [6.45, 7) is 6.91. The number of hydrogen-bond acceptors (Lipinski definition) is 4. The molecule has 0 amide bonds. The van der Waals surface area contributed by atoms with Gasteiger partial charge in [-0.2, -0.15) is 0 Å². The van der Waals surface area contributed by atoms with Gasteiger partial charge in [-0.05, 0) is 24.8 Å². The zero-order chi connectivity index (χ0) is 13.5. The number of pyridine rings is 1. The second kappa shape index (κ2) is 6.93. The van der Waals surface area contributed by atoms with E-state index in [4.69, 9.17) is 0 Å². The maximum absolute atomic E-state index is 10.9. The van der Waals surface area contributed by atoms with Gasteiger partial charge in [-0.3, -0.25) is 10.1 Å². The molecule has 0 spiro atoms. The van der Waals surface area contributed by atoms with Gasteiger partial charge in [0.05, 0.1) is 4.92 Å². The van der Waals surface area contributed by atoms with Crippen molar-refractivity contribution in [3.05, 3.63) is 27.9 Å². The molecule has 0 radical (unpaired) electrons. The van der Waals surface area contributed by atoms with Crippen LogP contribution in [0.25, 0.3) is 0 Å². The van der Waals surface area contributed by atoms with Crippen LogP contribution in [0.3, 0.4) is 0 Å². The largest absolute Gasteiger partial charge is 0.364 e. The summed E-state index contributed by atoms with van der Waals surface area (Å²) in [5, 5.41) is 13.9. The monoisotopic (exact) mass is 251 g/mol. The molecule has 0 bridgehead atoms. The first kappa shape index (κ1) is 14.4. The third-order valence-electron chi connectivity index (χ3n) is 2.70. The van der Waals surface area contributed by atoms with Crippen LogP contribution in [-0.4, -0.2) is 16.5 Å². The fourth-order valence-electron chi connectivity index (χ4n) is 1.71. The zero-order valence-corrected chi connectivity index (χ0v) is 11.3. The Labute approximate surface area is 108 Å². The van der Waals surface area contributed by atoms with E-state index in [9.17, 15) is 10.1 Å². The predicted octanol–water partition coefficient (Wildman–Crippen LogP) is 3.54. The smallest absolute Gasteiger partial charge is 0.311 e. The van der Waals surface area contributed by atoms with E-state index >= 15 is 0 Å². The Kier molecular flexibility index (Phi) is 5.55. The standard InChI is InChI=1S/C13H21N3O2/c1-10(2)6-4-5-7-14-13-12(16(17)18)8-11(3)9-15-13/h8-10H,4-7H2,1-3H3,(H,14,15). The Morgan fingerprint density at radius 2 is 2.17 bits per heavy atom. The summed E-state index contributed by atoms with van der Waals surface area (Å²) in [7, 11) is 0. The first-order chi connectivity index (χ1) is 8.50. The molecular formula is C13H21N3O2. The van der Waals surface area contributed by atoms with Crippen molar-refractivity contribution in [1.29, 1.82) is 0 Å². The summed E-state index contributed by atoms with van der Waals surface area (Å²) in [6.07, 6.45) is 4.96. The van der Waals surface area contributed by atoms with Gasteiger partial charge < -0.3 is 5.32 Å². The van der Waals surface area contributed by atoms with Gasteiger partial charge in [-0.25, -0.2) is 4.98 Å². The molecule has 0 aromatic carbocycles. The minimum Gasteiger partial charge on any atom is -0.364 e. The van der Waals surface area contributed by atoms with Crippen molar-refractivity contribution in [2.45, 2.75) is 40.0 Å². The van der Waals surface area contributed by atoms with E-state index in [-0.39, 0.29) is 5.69 Å². The van der Waals surface area contributed by atoms with Crippen LogP contribution in [0.1, 0.15) is 38.7 Å². The molecule has 0 saturated carbocycles. The molecule has 18 heavy (non-hydrogen) atoms. The molecule has 5 heteroatoms. The van der Waals surface area contributed by atoms with E-state index in [0.29, 0.717) is 11.7 Å². The quantitative estimate of drug-likeness (QED) is 0.457. The van der Waals surface area contributed by atoms with Crippen molar-refractivity contribution < 1.29 is 4.92 Å². The third-order valence-corrected chi connectivity index (χ3v) is 2.70. The summed E-state index contributed by atoms with van der Waals surface area (Å²) < 4.78 is 0. The molecule has 1 N–H and O–H groups in total. The van der Waals surface area contributed by atoms with E-state index in [1.54, 1.807) is 19.2 Å². The van der Waals surface area contributed by atoms with Gasteiger partial charge >= 0.3 is 5.69 Å². The molecule has 0 aliphatic rings. The summed E-state index contributed by atoms with van der Waals surface area (Å²) in [5.41, 5.74) is 0.853. The summed E-state index contributed by atoms with van der Waals surface area (Å²) in [5.74, 6) is 1.08. The second-order valence-electron chi connectivity index (χ2n) is 4.95. The van der Waals surface area contributed by atoms with Gasteiger partial charge in [0.2, 0.25) is 5.82 Å². The van der Waals surface area contributed by atoms with Crippen LogP contribution >= 0.6 is 0 Å². The number of aryl methyl sites for hydroxylation is 1. The van der Waals surface area contributed by atoms with Gasteiger partial charge in [0, 0.05) is 18.8 Å². The van der Waals surface area contributed by atoms with Crippen LogP contribution in [-0.2, 0) is 0 Å². The Hall–Kier alpha value is -1.65. The molecular weight excluding hydrogens is 230 g/mol. The topological polar surface area (TPSA) is 68.1 Å². The highest BCUT2D eigenvalue weighted by atomic mass is 16.6. The molecule has 1 heterocycles. The van der Waals surface area contributed by atoms with Gasteiger partial charge in [0.1, 0.15) is 0 Å². The Balaban J connectivity index is 2.49. The second-order valence-corrected chi connectivity index (χ2v) is 4.95. The molecule has 0 atom stereocenters. The number of anilines is 1. The molecule has 0 fully saturated rings. The van der Waals surface area contributed by atoms with Crippen LogP contribution in [0, 0.1) is 23.0 Å². The molecule has 5 nitrogen and oxygen atoms in total. The summed E-state index contributed by atoms with van der Waals surface area (Å²) in [4.78, 5) is 14.6. The van der Waals surface area contributed by atoms with Gasteiger partial charge in [-0.1, -0.05) is 26.7 Å². The number of nitro groups is 1.